The first-order chi connectivity index (χ1) is 14.1. The number of rotatable bonds is 8. The molecule has 0 aliphatic carbocycles. The van der Waals surface area contributed by atoms with Crippen LogP contribution >= 0.6 is 0 Å². The molecule has 7 nitrogen and oxygen atoms in total. The molecule has 29 heavy (non-hydrogen) atoms. The van der Waals surface area contributed by atoms with Crippen molar-refractivity contribution in [1.29, 1.82) is 0 Å². The van der Waals surface area contributed by atoms with Crippen molar-refractivity contribution >= 4 is 28.2 Å². The molecule has 0 amide bonds. The van der Waals surface area contributed by atoms with Crippen LogP contribution in [0.4, 0.5) is 11.4 Å². The van der Waals surface area contributed by atoms with Gasteiger partial charge in [-0.2, -0.15) is 0 Å². The Hall–Kier alpha value is -3.48. The molecule has 0 aliphatic heterocycles. The Bertz CT molecular complexity index is 1020. The molecule has 1 N–H and O–H groups in total. The van der Waals surface area contributed by atoms with Crippen molar-refractivity contribution in [2.45, 2.75) is 13.8 Å². The molecule has 0 fully saturated rings. The van der Waals surface area contributed by atoms with E-state index in [0.29, 0.717) is 46.3 Å². The predicted octanol–water partition coefficient (Wildman–Crippen LogP) is 4.57. The fourth-order valence-corrected chi connectivity index (χ4v) is 2.97. The lowest BCUT2D eigenvalue weighted by Gasteiger charge is -2.17. The van der Waals surface area contributed by atoms with Crippen LogP contribution in [0.1, 0.15) is 24.2 Å². The predicted molar refractivity (Wildman–Crippen MR) is 112 cm³/mol. The van der Waals surface area contributed by atoms with Crippen LogP contribution in [0, 0.1) is 0 Å². The summed E-state index contributed by atoms with van der Waals surface area (Å²) in [5.41, 5.74) is 2.23. The van der Waals surface area contributed by atoms with Crippen molar-refractivity contribution in [3.05, 3.63) is 48.2 Å². The summed E-state index contributed by atoms with van der Waals surface area (Å²) in [7, 11) is 3.17. The number of ether oxygens (including phenoxy) is 4. The standard InChI is InChI=1S/C22H24N2O5/c1-5-28-15-7-9-18-16(11-15)21(17(13-23-18)22(25)29-6-2)24-19-12-14(26-3)8-10-20(19)27-4/h7-13H,5-6H2,1-4H3,(H,23,24). The lowest BCUT2D eigenvalue weighted by molar-refractivity contribution is 0.0527. The van der Waals surface area contributed by atoms with Gasteiger partial charge in [-0.3, -0.25) is 4.98 Å². The molecule has 7 heteroatoms. The summed E-state index contributed by atoms with van der Waals surface area (Å²) in [5.74, 6) is 1.47. The Labute approximate surface area is 169 Å². The Morgan fingerprint density at radius 2 is 1.79 bits per heavy atom. The largest absolute Gasteiger partial charge is 0.497 e. The number of methoxy groups -OCH3 is 2. The highest BCUT2D eigenvalue weighted by atomic mass is 16.5. The topological polar surface area (TPSA) is 78.9 Å². The summed E-state index contributed by atoms with van der Waals surface area (Å²) in [6, 6.07) is 10.9. The minimum absolute atomic E-state index is 0.262. The molecule has 3 rings (SSSR count). The van der Waals surface area contributed by atoms with Crippen molar-refractivity contribution in [2.24, 2.45) is 0 Å². The first kappa shape index (κ1) is 20.3. The molecule has 0 saturated carbocycles. The van der Waals surface area contributed by atoms with Crippen LogP contribution in [-0.4, -0.2) is 38.4 Å². The third-order valence-electron chi connectivity index (χ3n) is 4.31. The van der Waals surface area contributed by atoms with E-state index in [4.69, 9.17) is 18.9 Å². The minimum atomic E-state index is -0.465. The Kier molecular flexibility index (Phi) is 6.39. The molecule has 0 saturated heterocycles. The maximum absolute atomic E-state index is 12.6. The highest BCUT2D eigenvalue weighted by Gasteiger charge is 2.19. The molecule has 0 radical (unpaired) electrons. The van der Waals surface area contributed by atoms with E-state index in [-0.39, 0.29) is 6.61 Å². The van der Waals surface area contributed by atoms with Crippen LogP contribution in [0.3, 0.4) is 0 Å². The number of pyridine rings is 1. The average molecular weight is 396 g/mol. The van der Waals surface area contributed by atoms with E-state index in [2.05, 4.69) is 10.3 Å². The second-order valence-electron chi connectivity index (χ2n) is 6.07. The van der Waals surface area contributed by atoms with Crippen LogP contribution in [0.2, 0.25) is 0 Å². The zero-order valence-electron chi connectivity index (χ0n) is 16.9. The van der Waals surface area contributed by atoms with Crippen LogP contribution < -0.4 is 19.5 Å². The van der Waals surface area contributed by atoms with Gasteiger partial charge in [0, 0.05) is 17.6 Å². The van der Waals surface area contributed by atoms with E-state index < -0.39 is 5.97 Å². The second kappa shape index (κ2) is 9.14. The quantitative estimate of drug-likeness (QED) is 0.559. The Morgan fingerprint density at radius 3 is 2.48 bits per heavy atom. The van der Waals surface area contributed by atoms with Gasteiger partial charge in [-0.05, 0) is 44.2 Å². The minimum Gasteiger partial charge on any atom is -0.497 e. The second-order valence-corrected chi connectivity index (χ2v) is 6.07. The monoisotopic (exact) mass is 396 g/mol. The number of nitrogens with one attached hydrogen (secondary N) is 1. The number of hydrogen-bond donors (Lipinski definition) is 1. The van der Waals surface area contributed by atoms with Gasteiger partial charge in [0.15, 0.2) is 0 Å². The van der Waals surface area contributed by atoms with Crippen LogP contribution in [0.25, 0.3) is 10.9 Å². The molecule has 1 heterocycles. The number of aromatic nitrogens is 1. The third kappa shape index (κ3) is 4.34. The maximum atomic E-state index is 12.6. The molecule has 0 unspecified atom stereocenters. The molecule has 1 aromatic heterocycles. The molecule has 0 spiro atoms. The highest BCUT2D eigenvalue weighted by Crippen LogP contribution is 2.36. The number of anilines is 2. The Morgan fingerprint density at radius 1 is 1.00 bits per heavy atom. The third-order valence-corrected chi connectivity index (χ3v) is 4.31. The van der Waals surface area contributed by atoms with Gasteiger partial charge in [-0.1, -0.05) is 0 Å². The number of nitrogens with zero attached hydrogens (tertiary/aromatic N) is 1. The number of benzene rings is 2. The summed E-state index contributed by atoms with van der Waals surface area (Å²) in [6.45, 7) is 4.47. The van der Waals surface area contributed by atoms with Crippen LogP contribution in [0.15, 0.2) is 42.6 Å². The molecule has 2 aromatic carbocycles. The first-order valence-corrected chi connectivity index (χ1v) is 9.33. The van der Waals surface area contributed by atoms with E-state index in [9.17, 15) is 4.79 Å². The van der Waals surface area contributed by atoms with Gasteiger partial charge >= 0.3 is 5.97 Å². The molecular formula is C22H24N2O5. The zero-order valence-corrected chi connectivity index (χ0v) is 16.9. The van der Waals surface area contributed by atoms with Gasteiger partial charge in [0.05, 0.1) is 44.3 Å². The molecule has 0 aliphatic rings. The molecule has 0 bridgehead atoms. The average Bonchev–Trinajstić information content (AvgIpc) is 2.74. The van der Waals surface area contributed by atoms with Gasteiger partial charge in [0.25, 0.3) is 0 Å². The van der Waals surface area contributed by atoms with Crippen molar-refractivity contribution < 1.29 is 23.7 Å². The smallest absolute Gasteiger partial charge is 0.341 e. The van der Waals surface area contributed by atoms with Crippen molar-refractivity contribution in [3.63, 3.8) is 0 Å². The molecule has 3 aromatic rings. The highest BCUT2D eigenvalue weighted by molar-refractivity contribution is 6.06. The van der Waals surface area contributed by atoms with Gasteiger partial charge in [0.2, 0.25) is 0 Å². The fraction of sp³-hybridized carbons (Fsp3) is 0.273. The summed E-state index contributed by atoms with van der Waals surface area (Å²) in [5, 5.41) is 4.05. The van der Waals surface area contributed by atoms with E-state index in [1.165, 1.54) is 6.20 Å². The summed E-state index contributed by atoms with van der Waals surface area (Å²) in [4.78, 5) is 17.0. The molecule has 0 atom stereocenters. The summed E-state index contributed by atoms with van der Waals surface area (Å²) in [6.07, 6.45) is 1.51. The summed E-state index contributed by atoms with van der Waals surface area (Å²) >= 11 is 0. The van der Waals surface area contributed by atoms with E-state index in [1.54, 1.807) is 39.3 Å². The van der Waals surface area contributed by atoms with Gasteiger partial charge in [-0.25, -0.2) is 4.79 Å². The normalized spacial score (nSPS) is 10.5. The fourth-order valence-electron chi connectivity index (χ4n) is 2.97. The van der Waals surface area contributed by atoms with Crippen molar-refractivity contribution in [2.75, 3.05) is 32.8 Å². The van der Waals surface area contributed by atoms with E-state index in [1.807, 2.05) is 25.1 Å². The zero-order chi connectivity index (χ0) is 20.8. The first-order valence-electron chi connectivity index (χ1n) is 9.33. The maximum Gasteiger partial charge on any atom is 0.341 e. The van der Waals surface area contributed by atoms with E-state index in [0.717, 1.165) is 5.39 Å². The number of carbonyl (C=O) groups is 1. The van der Waals surface area contributed by atoms with Crippen LogP contribution in [0.5, 0.6) is 17.2 Å². The molecule has 152 valence electrons. The summed E-state index contributed by atoms with van der Waals surface area (Å²) < 4.78 is 21.7. The van der Waals surface area contributed by atoms with Crippen LogP contribution in [-0.2, 0) is 4.74 Å². The van der Waals surface area contributed by atoms with Crippen molar-refractivity contribution in [1.82, 2.24) is 4.98 Å². The number of fused-ring (bicyclic) bond motifs is 1. The number of carbonyl (C=O) groups excluding carboxylic acids is 1. The van der Waals surface area contributed by atoms with Gasteiger partial charge in [0.1, 0.15) is 22.8 Å². The number of hydrogen-bond acceptors (Lipinski definition) is 7. The lowest BCUT2D eigenvalue weighted by atomic mass is 10.1. The number of esters is 1. The molecular weight excluding hydrogens is 372 g/mol. The van der Waals surface area contributed by atoms with E-state index >= 15 is 0 Å². The van der Waals surface area contributed by atoms with Gasteiger partial charge < -0.3 is 24.3 Å². The lowest BCUT2D eigenvalue weighted by Crippen LogP contribution is -2.10. The van der Waals surface area contributed by atoms with Crippen molar-refractivity contribution in [3.8, 4) is 17.2 Å². The Balaban J connectivity index is 2.20. The van der Waals surface area contributed by atoms with Gasteiger partial charge in [-0.15, -0.1) is 0 Å². The SMILES string of the molecule is CCOC(=O)c1cnc2ccc(OCC)cc2c1Nc1cc(OC)ccc1OC.